The molecule has 4 atom stereocenters. The van der Waals surface area contributed by atoms with E-state index < -0.39 is 23.9 Å². The number of halogens is 3. The lowest BCUT2D eigenvalue weighted by atomic mass is 9.96. The zero-order valence-corrected chi connectivity index (χ0v) is 23.5. The highest BCUT2D eigenvalue weighted by atomic mass is 19.4. The number of ether oxygens (including phenoxy) is 2. The average Bonchev–Trinajstić information content (AvgIpc) is 3.67. The minimum atomic E-state index is -4.53. The molecule has 3 aliphatic rings. The first-order valence-electron chi connectivity index (χ1n) is 13.0. The molecule has 0 aromatic heterocycles. The summed E-state index contributed by atoms with van der Waals surface area (Å²) in [5.74, 6) is -0.692. The van der Waals surface area contributed by atoms with Gasteiger partial charge in [0, 0.05) is 38.2 Å². The molecule has 218 valence electrons. The second kappa shape index (κ2) is 14.8. The van der Waals surface area contributed by atoms with Crippen molar-refractivity contribution in [2.75, 3.05) is 20.3 Å². The van der Waals surface area contributed by atoms with Crippen molar-refractivity contribution in [3.8, 4) is 18.6 Å². The number of terminal acetylenes is 1. The van der Waals surface area contributed by atoms with E-state index in [0.29, 0.717) is 12.0 Å². The van der Waals surface area contributed by atoms with Crippen LogP contribution in [0.3, 0.4) is 0 Å². The van der Waals surface area contributed by atoms with Crippen molar-refractivity contribution in [3.05, 3.63) is 29.8 Å². The van der Waals surface area contributed by atoms with Gasteiger partial charge in [0.1, 0.15) is 5.75 Å². The minimum absolute atomic E-state index is 0.104. The Balaban J connectivity index is 0.000000856. The maximum absolute atomic E-state index is 13.3. The second-order valence-corrected chi connectivity index (χ2v) is 9.63. The molecule has 0 bridgehead atoms. The van der Waals surface area contributed by atoms with Gasteiger partial charge >= 0.3 is 6.18 Å². The summed E-state index contributed by atoms with van der Waals surface area (Å²) in [5.41, 5.74) is 5.91. The molecule has 0 radical (unpaired) electrons. The molecule has 2 heterocycles. The highest BCUT2D eigenvalue weighted by molar-refractivity contribution is 5.99. The number of hydrogen-bond donors (Lipinski definition) is 2. The molecule has 2 unspecified atom stereocenters. The number of para-hydroxylation sites is 1. The zero-order valence-electron chi connectivity index (χ0n) is 23.5. The van der Waals surface area contributed by atoms with Gasteiger partial charge in [0.2, 0.25) is 11.8 Å². The first-order valence-corrected chi connectivity index (χ1v) is 13.0. The molecule has 1 fully saturated rings. The molecule has 1 aromatic rings. The molecule has 1 aromatic carbocycles. The lowest BCUT2D eigenvalue weighted by Crippen LogP contribution is -2.50. The Labute approximate surface area is 229 Å². The molecular weight excluding hydrogens is 513 g/mol. The van der Waals surface area contributed by atoms with Crippen molar-refractivity contribution in [3.63, 3.8) is 0 Å². The van der Waals surface area contributed by atoms with Crippen LogP contribution < -0.4 is 15.8 Å². The van der Waals surface area contributed by atoms with Crippen molar-refractivity contribution in [2.45, 2.75) is 77.7 Å². The third kappa shape index (κ3) is 9.46. The molecule has 0 saturated heterocycles. The maximum atomic E-state index is 13.3. The second-order valence-electron chi connectivity index (χ2n) is 9.63. The summed E-state index contributed by atoms with van der Waals surface area (Å²) in [5, 5.41) is 2.76. The monoisotopic (exact) mass is 554 g/mol. The number of nitrogens with one attached hydrogen (secondary N) is 1. The molecule has 2 aliphatic heterocycles. The Morgan fingerprint density at radius 2 is 1.85 bits per heavy atom. The van der Waals surface area contributed by atoms with Gasteiger partial charge in [0.05, 0.1) is 18.0 Å². The molecule has 1 aliphatic carbocycles. The quantitative estimate of drug-likeness (QED) is 0.524. The topological polar surface area (TPSA) is 106 Å². The highest BCUT2D eigenvalue weighted by Gasteiger charge is 2.49. The Morgan fingerprint density at radius 1 is 1.26 bits per heavy atom. The number of benzene rings is 1. The van der Waals surface area contributed by atoms with Crippen LogP contribution >= 0.6 is 0 Å². The van der Waals surface area contributed by atoms with Crippen LogP contribution in [-0.4, -0.2) is 60.8 Å². The number of fused-ring (bicyclic) bond motifs is 1. The molecule has 0 spiro atoms. The summed E-state index contributed by atoms with van der Waals surface area (Å²) in [6.45, 7) is 10.7. The third-order valence-electron chi connectivity index (χ3n) is 6.24. The molecule has 1 saturated carbocycles. The number of nitrogens with zero attached hydrogens (tertiary/aromatic N) is 2. The van der Waals surface area contributed by atoms with Gasteiger partial charge in [-0.15, -0.1) is 12.8 Å². The number of methoxy groups -OCH3 is 1. The summed E-state index contributed by atoms with van der Waals surface area (Å²) < 4.78 is 49.4. The normalized spacial score (nSPS) is 24.4. The number of hydrogen-bond acceptors (Lipinski definition) is 6. The van der Waals surface area contributed by atoms with Gasteiger partial charge < -0.3 is 20.5 Å². The van der Waals surface area contributed by atoms with Gasteiger partial charge in [-0.1, -0.05) is 32.0 Å². The van der Waals surface area contributed by atoms with Gasteiger partial charge in [0.15, 0.2) is 12.1 Å². The maximum Gasteiger partial charge on any atom is 0.425 e. The van der Waals surface area contributed by atoms with E-state index in [9.17, 15) is 22.8 Å². The molecule has 11 heteroatoms. The van der Waals surface area contributed by atoms with Crippen LogP contribution in [0.25, 0.3) is 0 Å². The average molecular weight is 555 g/mol. The van der Waals surface area contributed by atoms with Crippen LogP contribution in [0.1, 0.15) is 65.5 Å². The van der Waals surface area contributed by atoms with E-state index in [2.05, 4.69) is 27.9 Å². The molecular formula is C28H41F3N4O4. The van der Waals surface area contributed by atoms with Crippen molar-refractivity contribution in [1.29, 1.82) is 0 Å². The Bertz CT molecular complexity index is 1010. The number of carbonyl (C=O) groups is 2. The predicted molar refractivity (Wildman–Crippen MR) is 145 cm³/mol. The van der Waals surface area contributed by atoms with Crippen LogP contribution in [0.4, 0.5) is 13.2 Å². The van der Waals surface area contributed by atoms with Gasteiger partial charge in [-0.2, -0.15) is 13.2 Å². The Hall–Kier alpha value is -3.26. The van der Waals surface area contributed by atoms with E-state index in [-0.39, 0.29) is 54.7 Å². The van der Waals surface area contributed by atoms with Crippen LogP contribution in [0.5, 0.6) is 5.75 Å². The molecule has 2 amide bonds. The van der Waals surface area contributed by atoms with Crippen LogP contribution in [0, 0.1) is 24.7 Å². The summed E-state index contributed by atoms with van der Waals surface area (Å²) in [4.78, 5) is 30.9. The Kier molecular flexibility index (Phi) is 12.8. The van der Waals surface area contributed by atoms with E-state index in [1.165, 1.54) is 11.0 Å². The summed E-state index contributed by atoms with van der Waals surface area (Å²) in [6.07, 6.45) is 1.88. The lowest BCUT2D eigenvalue weighted by Gasteiger charge is -2.34. The van der Waals surface area contributed by atoms with Crippen molar-refractivity contribution in [2.24, 2.45) is 22.6 Å². The van der Waals surface area contributed by atoms with Crippen LogP contribution in [0.15, 0.2) is 29.3 Å². The van der Waals surface area contributed by atoms with E-state index >= 15 is 0 Å². The predicted octanol–water partition coefficient (Wildman–Crippen LogP) is 4.45. The largest absolute Gasteiger partial charge is 0.480 e. The number of alkyl halides is 3. The molecule has 8 nitrogen and oxygen atoms in total. The number of nitrogens with two attached hydrogens (primary N) is 1. The van der Waals surface area contributed by atoms with Gasteiger partial charge in [-0.3, -0.25) is 14.5 Å². The first-order chi connectivity index (χ1) is 18.4. The SMILES string of the molecule is C#C.CC.CC1(C)CC(=O)N(C[C@H]2CC2C(=O)N[C@H]2CC(C(F)(F)F)Oc3ccccc32)C(N)=N1.CCOC. The van der Waals surface area contributed by atoms with E-state index in [4.69, 9.17) is 10.5 Å². The minimum Gasteiger partial charge on any atom is -0.480 e. The highest BCUT2D eigenvalue weighted by Crippen LogP contribution is 2.43. The van der Waals surface area contributed by atoms with Gasteiger partial charge in [0.25, 0.3) is 0 Å². The van der Waals surface area contributed by atoms with E-state index in [1.54, 1.807) is 25.3 Å². The fraction of sp³-hybridized carbons (Fsp3) is 0.607. The number of rotatable bonds is 5. The van der Waals surface area contributed by atoms with E-state index in [0.717, 1.165) is 6.61 Å². The fourth-order valence-electron chi connectivity index (χ4n) is 4.24. The molecule has 39 heavy (non-hydrogen) atoms. The third-order valence-corrected chi connectivity index (χ3v) is 6.24. The summed E-state index contributed by atoms with van der Waals surface area (Å²) in [6, 6.07) is 5.62. The fourth-order valence-corrected chi connectivity index (χ4v) is 4.24. The smallest absolute Gasteiger partial charge is 0.425 e. The van der Waals surface area contributed by atoms with Crippen LogP contribution in [0.2, 0.25) is 0 Å². The van der Waals surface area contributed by atoms with Crippen molar-refractivity contribution >= 4 is 17.8 Å². The van der Waals surface area contributed by atoms with E-state index in [1.807, 2.05) is 34.6 Å². The van der Waals surface area contributed by atoms with Crippen molar-refractivity contribution in [1.82, 2.24) is 10.2 Å². The van der Waals surface area contributed by atoms with Gasteiger partial charge in [-0.25, -0.2) is 4.99 Å². The summed E-state index contributed by atoms with van der Waals surface area (Å²) >= 11 is 0. The number of guanidine groups is 1. The number of amides is 2. The molecule has 3 N–H and O–H groups in total. The summed E-state index contributed by atoms with van der Waals surface area (Å²) in [7, 11) is 1.68. The zero-order chi connectivity index (χ0) is 30.0. The lowest BCUT2D eigenvalue weighted by molar-refractivity contribution is -0.201. The standard InChI is InChI=1S/C21H25F3N4O3.C3H8O.C2H6.C2H2/c1-20(2)9-17(29)28(19(25)27-20)10-11-7-13(11)18(30)26-14-8-16(21(22,23)24)31-15-6-4-3-5-12(14)15;1-3-4-2;2*1-2/h3-6,11,13-14,16H,7-10H2,1-2H3,(H2,25,27)(H,26,30);3H2,1-2H3;1-2H3;1-2H/t11-,13?,14+,16?;;;/m1.../s1. The Morgan fingerprint density at radius 3 is 2.38 bits per heavy atom. The van der Waals surface area contributed by atoms with Crippen molar-refractivity contribution < 1.29 is 32.2 Å². The number of aliphatic imine (C=N–C) groups is 1. The first kappa shape index (κ1) is 33.8. The number of carbonyl (C=O) groups excluding carboxylic acids is 2. The van der Waals surface area contributed by atoms with Gasteiger partial charge in [-0.05, 0) is 39.2 Å². The molecule has 4 rings (SSSR count). The van der Waals surface area contributed by atoms with Crippen LogP contribution in [-0.2, 0) is 14.3 Å².